The van der Waals surface area contributed by atoms with Gasteiger partial charge in [-0.25, -0.2) is 9.67 Å². The second-order valence-corrected chi connectivity index (χ2v) is 7.17. The maximum atomic E-state index is 6.05. The van der Waals surface area contributed by atoms with Crippen molar-refractivity contribution in [1.82, 2.24) is 20.0 Å². The number of fused-ring (bicyclic) bond motifs is 1. The first-order valence-electron chi connectivity index (χ1n) is 9.77. The van der Waals surface area contributed by atoms with E-state index in [4.69, 9.17) is 9.15 Å². The summed E-state index contributed by atoms with van der Waals surface area (Å²) in [6.45, 7) is 3.02. The largest absolute Gasteiger partial charge is 0.486 e. The molecule has 2 heterocycles. The van der Waals surface area contributed by atoms with Crippen LogP contribution >= 0.6 is 0 Å². The maximum absolute atomic E-state index is 6.05. The summed E-state index contributed by atoms with van der Waals surface area (Å²) in [4.78, 5) is 4.63. The standard InChI is InChI=1S/C24H20N4O2/c1-17-11-12-23-21(13-17)25-24(30-23)20-9-5-6-10-22(20)29-16-19-15-28(27-26-19)14-18-7-3-2-4-8-18/h2-13,15H,14,16H2,1H3. The number of nitrogens with zero attached hydrogens (tertiary/aromatic N) is 4. The van der Waals surface area contributed by atoms with Crippen LogP contribution in [0.1, 0.15) is 16.8 Å². The first-order chi connectivity index (χ1) is 14.7. The molecule has 2 aromatic heterocycles. The quantitative estimate of drug-likeness (QED) is 0.403. The number of hydrogen-bond donors (Lipinski definition) is 0. The number of hydrogen-bond acceptors (Lipinski definition) is 5. The summed E-state index contributed by atoms with van der Waals surface area (Å²) < 4.78 is 13.8. The van der Waals surface area contributed by atoms with Crippen LogP contribution in [0.4, 0.5) is 0 Å². The molecule has 0 radical (unpaired) electrons. The highest BCUT2D eigenvalue weighted by Crippen LogP contribution is 2.32. The van der Waals surface area contributed by atoms with Crippen LogP contribution < -0.4 is 4.74 Å². The fourth-order valence-corrected chi connectivity index (χ4v) is 3.33. The number of aryl methyl sites for hydroxylation is 1. The minimum Gasteiger partial charge on any atom is -0.486 e. The van der Waals surface area contributed by atoms with Crippen molar-refractivity contribution >= 4 is 11.1 Å². The van der Waals surface area contributed by atoms with E-state index < -0.39 is 0 Å². The van der Waals surface area contributed by atoms with Gasteiger partial charge < -0.3 is 9.15 Å². The Morgan fingerprint density at radius 2 is 1.80 bits per heavy atom. The third-order valence-electron chi connectivity index (χ3n) is 4.81. The van der Waals surface area contributed by atoms with Gasteiger partial charge in [0.25, 0.3) is 0 Å². The maximum Gasteiger partial charge on any atom is 0.231 e. The van der Waals surface area contributed by atoms with Crippen LogP contribution in [0.3, 0.4) is 0 Å². The molecule has 0 N–H and O–H groups in total. The molecule has 0 spiro atoms. The number of para-hydroxylation sites is 1. The Labute approximate surface area is 173 Å². The summed E-state index contributed by atoms with van der Waals surface area (Å²) in [7, 11) is 0. The third kappa shape index (κ3) is 3.80. The van der Waals surface area contributed by atoms with Crippen LogP contribution in [0, 0.1) is 6.92 Å². The van der Waals surface area contributed by atoms with Gasteiger partial charge in [-0.15, -0.1) is 5.10 Å². The van der Waals surface area contributed by atoms with Crippen LogP contribution in [0.5, 0.6) is 5.75 Å². The van der Waals surface area contributed by atoms with E-state index in [2.05, 4.69) is 27.4 Å². The molecular formula is C24H20N4O2. The van der Waals surface area contributed by atoms with E-state index in [1.807, 2.05) is 78.5 Å². The zero-order valence-corrected chi connectivity index (χ0v) is 16.5. The van der Waals surface area contributed by atoms with Gasteiger partial charge >= 0.3 is 0 Å². The van der Waals surface area contributed by atoms with Gasteiger partial charge in [0, 0.05) is 0 Å². The number of benzene rings is 3. The molecule has 6 nitrogen and oxygen atoms in total. The fourth-order valence-electron chi connectivity index (χ4n) is 3.33. The van der Waals surface area contributed by atoms with Crippen LogP contribution in [0.15, 0.2) is 83.4 Å². The van der Waals surface area contributed by atoms with Crippen molar-refractivity contribution in [2.75, 3.05) is 0 Å². The van der Waals surface area contributed by atoms with Gasteiger partial charge in [0.15, 0.2) is 5.58 Å². The third-order valence-corrected chi connectivity index (χ3v) is 4.81. The number of ether oxygens (including phenoxy) is 1. The molecule has 6 heteroatoms. The van der Waals surface area contributed by atoms with Gasteiger partial charge in [-0.3, -0.25) is 0 Å². The Hall–Kier alpha value is -3.93. The minimum absolute atomic E-state index is 0.311. The van der Waals surface area contributed by atoms with Crippen molar-refractivity contribution in [2.24, 2.45) is 0 Å². The second kappa shape index (κ2) is 7.83. The number of rotatable bonds is 6. The van der Waals surface area contributed by atoms with Crippen molar-refractivity contribution in [3.05, 3.63) is 95.8 Å². The van der Waals surface area contributed by atoms with Crippen LogP contribution in [0.25, 0.3) is 22.6 Å². The minimum atomic E-state index is 0.311. The number of oxazole rings is 1. The summed E-state index contributed by atoms with van der Waals surface area (Å²) in [5.74, 6) is 1.23. The molecule has 0 atom stereocenters. The zero-order valence-electron chi connectivity index (χ0n) is 16.5. The molecular weight excluding hydrogens is 376 g/mol. The zero-order chi connectivity index (χ0) is 20.3. The van der Waals surface area contributed by atoms with Crippen LogP contribution in [-0.4, -0.2) is 20.0 Å². The number of aromatic nitrogens is 4. The molecule has 0 aliphatic carbocycles. The normalized spacial score (nSPS) is 11.1. The second-order valence-electron chi connectivity index (χ2n) is 7.17. The summed E-state index contributed by atoms with van der Waals surface area (Å²) in [5, 5.41) is 8.42. The summed E-state index contributed by atoms with van der Waals surface area (Å²) >= 11 is 0. The molecule has 5 aromatic rings. The van der Waals surface area contributed by atoms with Crippen molar-refractivity contribution in [2.45, 2.75) is 20.1 Å². The van der Waals surface area contributed by atoms with Gasteiger partial charge in [0.05, 0.1) is 18.3 Å². The van der Waals surface area contributed by atoms with Crippen molar-refractivity contribution in [3.8, 4) is 17.2 Å². The smallest absolute Gasteiger partial charge is 0.231 e. The van der Waals surface area contributed by atoms with Crippen molar-refractivity contribution in [1.29, 1.82) is 0 Å². The van der Waals surface area contributed by atoms with Gasteiger partial charge in [0.1, 0.15) is 23.6 Å². The van der Waals surface area contributed by atoms with E-state index in [1.165, 1.54) is 5.56 Å². The molecule has 5 rings (SSSR count). The molecule has 0 saturated carbocycles. The SMILES string of the molecule is Cc1ccc2oc(-c3ccccc3OCc3cn(Cc4ccccc4)nn3)nc2c1. The van der Waals surface area contributed by atoms with E-state index >= 15 is 0 Å². The van der Waals surface area contributed by atoms with E-state index in [-0.39, 0.29) is 0 Å². The Balaban J connectivity index is 1.34. The van der Waals surface area contributed by atoms with Gasteiger partial charge in [-0.2, -0.15) is 0 Å². The van der Waals surface area contributed by atoms with E-state index in [0.29, 0.717) is 24.8 Å². The molecule has 30 heavy (non-hydrogen) atoms. The lowest BCUT2D eigenvalue weighted by atomic mass is 10.2. The molecule has 0 aliphatic heterocycles. The highest BCUT2D eigenvalue weighted by Gasteiger charge is 2.14. The van der Waals surface area contributed by atoms with Gasteiger partial charge in [0.2, 0.25) is 5.89 Å². The van der Waals surface area contributed by atoms with Crippen molar-refractivity contribution < 1.29 is 9.15 Å². The predicted octanol–water partition coefficient (Wildman–Crippen LogP) is 5.02. The van der Waals surface area contributed by atoms with Crippen LogP contribution in [-0.2, 0) is 13.2 Å². The Morgan fingerprint density at radius 3 is 2.70 bits per heavy atom. The topological polar surface area (TPSA) is 66.0 Å². The molecule has 0 unspecified atom stereocenters. The molecule has 3 aromatic carbocycles. The fraction of sp³-hybridized carbons (Fsp3) is 0.125. The molecule has 0 aliphatic rings. The highest BCUT2D eigenvalue weighted by atomic mass is 16.5. The Bertz CT molecular complexity index is 1290. The lowest BCUT2D eigenvalue weighted by Crippen LogP contribution is -2.00. The molecule has 0 amide bonds. The van der Waals surface area contributed by atoms with E-state index in [0.717, 1.165) is 27.9 Å². The first-order valence-corrected chi connectivity index (χ1v) is 9.77. The lowest BCUT2D eigenvalue weighted by molar-refractivity contribution is 0.301. The van der Waals surface area contributed by atoms with Crippen LogP contribution in [0.2, 0.25) is 0 Å². The summed E-state index contributed by atoms with van der Waals surface area (Å²) in [5.41, 5.74) is 5.48. The Morgan fingerprint density at radius 1 is 0.967 bits per heavy atom. The lowest BCUT2D eigenvalue weighted by Gasteiger charge is -2.07. The van der Waals surface area contributed by atoms with Gasteiger partial charge in [-0.1, -0.05) is 53.7 Å². The summed E-state index contributed by atoms with van der Waals surface area (Å²) in [6.07, 6.45) is 1.90. The average Bonchev–Trinajstić information content (AvgIpc) is 3.39. The molecule has 148 valence electrons. The average molecular weight is 396 g/mol. The summed E-state index contributed by atoms with van der Waals surface area (Å²) in [6, 6.07) is 23.8. The van der Waals surface area contributed by atoms with Gasteiger partial charge in [-0.05, 0) is 42.3 Å². The van der Waals surface area contributed by atoms with Crippen molar-refractivity contribution in [3.63, 3.8) is 0 Å². The van der Waals surface area contributed by atoms with E-state index in [9.17, 15) is 0 Å². The molecule has 0 fully saturated rings. The first kappa shape index (κ1) is 18.1. The predicted molar refractivity (Wildman–Crippen MR) is 114 cm³/mol. The molecule has 0 saturated heterocycles. The monoisotopic (exact) mass is 396 g/mol. The highest BCUT2D eigenvalue weighted by molar-refractivity contribution is 5.78. The Kier molecular flexibility index (Phi) is 4.73. The van der Waals surface area contributed by atoms with E-state index in [1.54, 1.807) is 0 Å². The molecule has 0 bridgehead atoms.